The lowest BCUT2D eigenvalue weighted by Crippen LogP contribution is -2.32. The van der Waals surface area contributed by atoms with Crippen LogP contribution < -0.4 is 24.7 Å². The molecule has 0 saturated carbocycles. The first-order valence-corrected chi connectivity index (χ1v) is 12.3. The van der Waals surface area contributed by atoms with Crippen LogP contribution in [0.3, 0.4) is 0 Å². The zero-order valence-electron chi connectivity index (χ0n) is 22.3. The molecule has 4 aromatic rings. The predicted octanol–water partition coefficient (Wildman–Crippen LogP) is 3.34. The van der Waals surface area contributed by atoms with Crippen molar-refractivity contribution < 1.29 is 14.2 Å². The Morgan fingerprint density at radius 3 is 2.39 bits per heavy atom. The van der Waals surface area contributed by atoms with Gasteiger partial charge in [0.2, 0.25) is 5.88 Å². The summed E-state index contributed by atoms with van der Waals surface area (Å²) in [7, 11) is 4.87. The normalized spacial score (nSPS) is 12.6. The Hall–Kier alpha value is -4.41. The fourth-order valence-electron chi connectivity index (χ4n) is 3.97. The number of nitrogens with zero attached hydrogens (tertiary/aromatic N) is 6. The number of aryl methyl sites for hydroxylation is 1. The summed E-state index contributed by atoms with van der Waals surface area (Å²) in [6.45, 7) is 5.45. The van der Waals surface area contributed by atoms with Crippen molar-refractivity contribution >= 4 is 5.69 Å². The van der Waals surface area contributed by atoms with Crippen LogP contribution in [0, 0.1) is 5.92 Å². The molecular formula is C27H33N7O4. The van der Waals surface area contributed by atoms with Crippen LogP contribution in [0.2, 0.25) is 0 Å². The van der Waals surface area contributed by atoms with E-state index in [-0.39, 0.29) is 17.4 Å². The molecule has 200 valence electrons. The van der Waals surface area contributed by atoms with Crippen molar-refractivity contribution in [2.45, 2.75) is 32.9 Å². The van der Waals surface area contributed by atoms with Gasteiger partial charge in [0.25, 0.3) is 5.56 Å². The number of anilines is 1. The van der Waals surface area contributed by atoms with E-state index in [1.807, 2.05) is 41.3 Å². The highest BCUT2D eigenvalue weighted by Crippen LogP contribution is 2.26. The van der Waals surface area contributed by atoms with Crippen molar-refractivity contribution in [2.24, 2.45) is 13.0 Å². The van der Waals surface area contributed by atoms with Gasteiger partial charge in [-0.3, -0.25) is 14.9 Å². The maximum atomic E-state index is 13.2. The van der Waals surface area contributed by atoms with E-state index in [1.165, 1.54) is 4.68 Å². The molecule has 2 atom stereocenters. The maximum absolute atomic E-state index is 13.2. The number of aromatic amines is 1. The van der Waals surface area contributed by atoms with Crippen molar-refractivity contribution in [2.75, 3.05) is 25.7 Å². The van der Waals surface area contributed by atoms with E-state index in [4.69, 9.17) is 14.2 Å². The lowest BCUT2D eigenvalue weighted by Gasteiger charge is -2.24. The van der Waals surface area contributed by atoms with E-state index in [0.717, 1.165) is 22.8 Å². The molecule has 11 heteroatoms. The van der Waals surface area contributed by atoms with Crippen molar-refractivity contribution in [1.29, 1.82) is 0 Å². The van der Waals surface area contributed by atoms with Gasteiger partial charge in [-0.15, -0.1) is 10.2 Å². The summed E-state index contributed by atoms with van der Waals surface area (Å²) in [6, 6.07) is 13.3. The second-order valence-corrected chi connectivity index (χ2v) is 9.17. The number of ether oxygens (including phenoxy) is 3. The van der Waals surface area contributed by atoms with Gasteiger partial charge < -0.3 is 19.1 Å². The third-order valence-electron chi connectivity index (χ3n) is 6.52. The van der Waals surface area contributed by atoms with Gasteiger partial charge in [0, 0.05) is 37.5 Å². The number of hydrogen-bond acceptors (Lipinski definition) is 9. The number of methoxy groups -OCH3 is 2. The van der Waals surface area contributed by atoms with Crippen molar-refractivity contribution in [1.82, 2.24) is 30.2 Å². The van der Waals surface area contributed by atoms with Crippen LogP contribution in [0.25, 0.3) is 0 Å². The molecule has 0 aliphatic carbocycles. The number of nitrogens with one attached hydrogen (secondary N) is 1. The third-order valence-corrected chi connectivity index (χ3v) is 6.52. The molecule has 0 amide bonds. The van der Waals surface area contributed by atoms with Gasteiger partial charge >= 0.3 is 0 Å². The maximum Gasteiger partial charge on any atom is 0.290 e. The molecule has 0 aliphatic heterocycles. The van der Waals surface area contributed by atoms with Crippen LogP contribution in [0.1, 0.15) is 36.7 Å². The fourth-order valence-corrected chi connectivity index (χ4v) is 3.97. The molecular weight excluding hydrogens is 486 g/mol. The van der Waals surface area contributed by atoms with Crippen LogP contribution in [0.5, 0.6) is 17.4 Å². The third kappa shape index (κ3) is 6.47. The number of pyridine rings is 1. The largest absolute Gasteiger partial charge is 0.497 e. The first-order chi connectivity index (χ1) is 18.4. The number of hydrogen-bond donors (Lipinski definition) is 1. The zero-order chi connectivity index (χ0) is 27.1. The molecule has 3 aromatic heterocycles. The van der Waals surface area contributed by atoms with Gasteiger partial charge in [-0.05, 0) is 35.7 Å². The summed E-state index contributed by atoms with van der Waals surface area (Å²) in [5.74, 6) is 2.14. The topological polar surface area (TPSA) is 120 Å². The molecule has 0 bridgehead atoms. The monoisotopic (exact) mass is 519 g/mol. The van der Waals surface area contributed by atoms with E-state index in [0.29, 0.717) is 37.0 Å². The van der Waals surface area contributed by atoms with Gasteiger partial charge in [0.1, 0.15) is 22.9 Å². The molecule has 4 rings (SSSR count). The zero-order valence-corrected chi connectivity index (χ0v) is 22.3. The number of rotatable bonds is 12. The fraction of sp³-hybridized carbons (Fsp3) is 0.370. The van der Waals surface area contributed by atoms with Gasteiger partial charge in [-0.1, -0.05) is 31.2 Å². The Morgan fingerprint density at radius 1 is 1.03 bits per heavy atom. The van der Waals surface area contributed by atoms with Crippen molar-refractivity contribution in [3.8, 4) is 17.4 Å². The summed E-state index contributed by atoms with van der Waals surface area (Å²) in [6.07, 6.45) is 3.42. The molecule has 38 heavy (non-hydrogen) atoms. The van der Waals surface area contributed by atoms with Crippen LogP contribution >= 0.6 is 0 Å². The smallest absolute Gasteiger partial charge is 0.290 e. The second kappa shape index (κ2) is 12.2. The minimum absolute atomic E-state index is 0.143. The standard InChI is InChI=1S/C27H33N7O4/c1-18(19(2)24-11-10-23(37-5)14-28-24)17-38-26-12-25(27(35)33(3)31-26)34(16-21-13-29-32-30-21)15-20-6-8-22(36-4)9-7-20/h6-14,18-19H,15-17H2,1-5H3,(H,29,30,32)/t18-,19+/m1/s1. The lowest BCUT2D eigenvalue weighted by atomic mass is 9.93. The van der Waals surface area contributed by atoms with E-state index < -0.39 is 0 Å². The minimum Gasteiger partial charge on any atom is -0.497 e. The highest BCUT2D eigenvalue weighted by molar-refractivity contribution is 5.48. The Bertz CT molecular complexity index is 1360. The van der Waals surface area contributed by atoms with E-state index in [1.54, 1.807) is 39.7 Å². The molecule has 1 aromatic carbocycles. The lowest BCUT2D eigenvalue weighted by molar-refractivity contribution is 0.228. The summed E-state index contributed by atoms with van der Waals surface area (Å²) in [4.78, 5) is 19.6. The van der Waals surface area contributed by atoms with E-state index >= 15 is 0 Å². The molecule has 0 spiro atoms. The average Bonchev–Trinajstić information content (AvgIpc) is 3.46. The molecule has 0 unspecified atom stereocenters. The Morgan fingerprint density at radius 2 is 1.76 bits per heavy atom. The number of H-pyrrole nitrogens is 1. The second-order valence-electron chi connectivity index (χ2n) is 9.17. The van der Waals surface area contributed by atoms with E-state index in [2.05, 4.69) is 39.3 Å². The molecule has 11 nitrogen and oxygen atoms in total. The average molecular weight is 520 g/mol. The minimum atomic E-state index is -0.238. The van der Waals surface area contributed by atoms with Crippen molar-refractivity contribution in [3.05, 3.63) is 82.2 Å². The van der Waals surface area contributed by atoms with Crippen LogP contribution in [0.4, 0.5) is 5.69 Å². The molecule has 0 saturated heterocycles. The SMILES string of the molecule is COc1ccc(CN(Cc2c[nH]nn2)c2cc(OC[C@@H](C)[C@H](C)c3ccc(OC)cn3)nn(C)c2=O)cc1. The Labute approximate surface area is 221 Å². The summed E-state index contributed by atoms with van der Waals surface area (Å²) in [5.41, 5.74) is 2.88. The summed E-state index contributed by atoms with van der Waals surface area (Å²) < 4.78 is 17.9. The highest BCUT2D eigenvalue weighted by Gasteiger charge is 2.20. The molecule has 3 heterocycles. The van der Waals surface area contributed by atoms with Gasteiger partial charge in [0.05, 0.1) is 33.6 Å². The van der Waals surface area contributed by atoms with Crippen molar-refractivity contribution in [3.63, 3.8) is 0 Å². The van der Waals surface area contributed by atoms with Crippen LogP contribution in [0.15, 0.2) is 59.7 Å². The highest BCUT2D eigenvalue weighted by atomic mass is 16.5. The predicted molar refractivity (Wildman–Crippen MR) is 143 cm³/mol. The number of aromatic nitrogens is 6. The van der Waals surface area contributed by atoms with Gasteiger partial charge in [0.15, 0.2) is 0 Å². The molecule has 0 radical (unpaired) electrons. The first kappa shape index (κ1) is 26.6. The summed E-state index contributed by atoms with van der Waals surface area (Å²) in [5, 5.41) is 15.0. The van der Waals surface area contributed by atoms with Gasteiger partial charge in [-0.25, -0.2) is 4.68 Å². The molecule has 0 fully saturated rings. The molecule has 1 N–H and O–H groups in total. The quantitative estimate of drug-likeness (QED) is 0.300. The van der Waals surface area contributed by atoms with Crippen LogP contribution in [-0.2, 0) is 20.1 Å². The van der Waals surface area contributed by atoms with Gasteiger partial charge in [-0.2, -0.15) is 0 Å². The summed E-state index contributed by atoms with van der Waals surface area (Å²) >= 11 is 0. The first-order valence-electron chi connectivity index (χ1n) is 12.3. The molecule has 0 aliphatic rings. The Balaban J connectivity index is 1.54. The van der Waals surface area contributed by atoms with E-state index in [9.17, 15) is 4.79 Å². The van der Waals surface area contributed by atoms with Crippen LogP contribution in [-0.4, -0.2) is 51.0 Å². The number of benzene rings is 1. The Kier molecular flexibility index (Phi) is 8.57.